The Hall–Kier alpha value is -2.98. The Kier molecular flexibility index (Phi) is 7.47. The average molecular weight is 462 g/mol. The Bertz CT molecular complexity index is 1090. The number of hydrogen-bond donors (Lipinski definition) is 0. The van der Waals surface area contributed by atoms with Crippen LogP contribution in [0.25, 0.3) is 0 Å². The van der Waals surface area contributed by atoms with Crippen LogP contribution in [0.2, 0.25) is 0 Å². The molecule has 2 aromatic rings. The average Bonchev–Trinajstić information content (AvgIpc) is 3.06. The quantitative estimate of drug-likeness (QED) is 0.352. The number of nitro groups is 1. The lowest BCUT2D eigenvalue weighted by molar-refractivity contribution is -0.384. The van der Waals surface area contributed by atoms with Crippen LogP contribution in [0.1, 0.15) is 41.6 Å². The summed E-state index contributed by atoms with van der Waals surface area (Å²) in [5, 5.41) is 11.7. The van der Waals surface area contributed by atoms with Gasteiger partial charge in [-0.2, -0.15) is 0 Å². The Morgan fingerprint density at radius 3 is 2.41 bits per heavy atom. The maximum atomic E-state index is 12.5. The molecule has 172 valence electrons. The fourth-order valence-electron chi connectivity index (χ4n) is 3.61. The van der Waals surface area contributed by atoms with Crippen molar-refractivity contribution < 1.29 is 22.9 Å². The minimum atomic E-state index is -3.61. The van der Waals surface area contributed by atoms with E-state index in [0.717, 1.165) is 43.1 Å². The highest BCUT2D eigenvalue weighted by Gasteiger charge is 2.23. The second-order valence-corrected chi connectivity index (χ2v) is 10.0. The van der Waals surface area contributed by atoms with Gasteiger partial charge in [0.15, 0.2) is 0 Å². The fourth-order valence-corrected chi connectivity index (χ4v) is 4.59. The van der Waals surface area contributed by atoms with Crippen molar-refractivity contribution in [3.63, 3.8) is 0 Å². The molecule has 1 aliphatic rings. The highest BCUT2D eigenvalue weighted by molar-refractivity contribution is 7.89. The normalized spacial score (nSPS) is 14.8. The van der Waals surface area contributed by atoms with Gasteiger partial charge in [0, 0.05) is 33.3 Å². The third-order valence-electron chi connectivity index (χ3n) is 5.40. The lowest BCUT2D eigenvalue weighted by atomic mass is 10.1. The number of ether oxygens (including phenoxy) is 1. The van der Waals surface area contributed by atoms with Crippen LogP contribution in [0.5, 0.6) is 0 Å². The second-order valence-electron chi connectivity index (χ2n) is 7.87. The molecule has 0 amide bonds. The number of nitrogens with zero attached hydrogens (tertiary/aromatic N) is 3. The molecule has 1 saturated heterocycles. The van der Waals surface area contributed by atoms with Crippen LogP contribution >= 0.6 is 0 Å². The van der Waals surface area contributed by atoms with Gasteiger partial charge in [0.25, 0.3) is 5.69 Å². The number of anilines is 1. The maximum Gasteiger partial charge on any atom is 0.338 e. The summed E-state index contributed by atoms with van der Waals surface area (Å²) in [7, 11) is -0.741. The van der Waals surface area contributed by atoms with Crippen molar-refractivity contribution in [2.24, 2.45) is 0 Å². The van der Waals surface area contributed by atoms with Crippen LogP contribution < -0.4 is 4.90 Å². The van der Waals surface area contributed by atoms with E-state index in [4.69, 9.17) is 4.74 Å². The van der Waals surface area contributed by atoms with E-state index in [1.165, 1.54) is 38.4 Å². The van der Waals surface area contributed by atoms with E-state index in [-0.39, 0.29) is 22.8 Å². The van der Waals surface area contributed by atoms with E-state index in [2.05, 4.69) is 0 Å². The summed E-state index contributed by atoms with van der Waals surface area (Å²) in [5.41, 5.74) is 0.958. The topological polar surface area (TPSA) is 110 Å². The molecule has 0 spiro atoms. The highest BCUT2D eigenvalue weighted by Crippen LogP contribution is 2.31. The van der Waals surface area contributed by atoms with Crippen molar-refractivity contribution in [3.05, 3.63) is 63.7 Å². The first-order chi connectivity index (χ1) is 15.2. The number of hydrogen-bond acceptors (Lipinski definition) is 7. The molecule has 2 aromatic carbocycles. The van der Waals surface area contributed by atoms with Crippen molar-refractivity contribution in [1.82, 2.24) is 4.31 Å². The van der Waals surface area contributed by atoms with Gasteiger partial charge < -0.3 is 9.64 Å². The largest absolute Gasteiger partial charge is 0.457 e. The summed E-state index contributed by atoms with van der Waals surface area (Å²) < 4.78 is 31.0. The van der Waals surface area contributed by atoms with E-state index >= 15 is 0 Å². The Labute approximate surface area is 187 Å². The zero-order chi connectivity index (χ0) is 23.3. The standard InChI is InChI=1S/C22H27N3O6S/c1-23(2)32(29,30)19-9-7-8-17(14-19)16-31-22(26)18-10-11-20(21(15-18)25(27)28)24-12-5-3-4-6-13-24/h7-11,14-15H,3-6,12-13,16H2,1-2H3. The molecule has 0 unspecified atom stereocenters. The monoisotopic (exact) mass is 461 g/mol. The molecule has 0 aliphatic carbocycles. The van der Waals surface area contributed by atoms with Crippen molar-refractivity contribution in [2.45, 2.75) is 37.2 Å². The maximum absolute atomic E-state index is 12.5. The molecule has 0 saturated carbocycles. The number of sulfonamides is 1. The van der Waals surface area contributed by atoms with Crippen molar-refractivity contribution >= 4 is 27.4 Å². The molecule has 9 nitrogen and oxygen atoms in total. The van der Waals surface area contributed by atoms with Crippen LogP contribution in [0.3, 0.4) is 0 Å². The van der Waals surface area contributed by atoms with Gasteiger partial charge in [-0.05, 0) is 42.7 Å². The molecule has 1 aliphatic heterocycles. The lowest BCUT2D eigenvalue weighted by Gasteiger charge is -2.22. The Balaban J connectivity index is 1.76. The number of nitro benzene ring substituents is 1. The number of esters is 1. The van der Waals surface area contributed by atoms with Crippen LogP contribution in [0.4, 0.5) is 11.4 Å². The highest BCUT2D eigenvalue weighted by atomic mass is 32.2. The van der Waals surface area contributed by atoms with Crippen LogP contribution in [-0.2, 0) is 21.4 Å². The van der Waals surface area contributed by atoms with Gasteiger partial charge in [-0.25, -0.2) is 17.5 Å². The smallest absolute Gasteiger partial charge is 0.338 e. The Morgan fingerprint density at radius 1 is 1.09 bits per heavy atom. The number of carbonyl (C=O) groups excluding carboxylic acids is 1. The first kappa shape index (κ1) is 23.7. The van der Waals surface area contributed by atoms with Crippen molar-refractivity contribution in [1.29, 1.82) is 0 Å². The Morgan fingerprint density at radius 2 is 1.78 bits per heavy atom. The molecule has 1 fully saturated rings. The predicted molar refractivity (Wildman–Crippen MR) is 120 cm³/mol. The molecule has 0 atom stereocenters. The van der Waals surface area contributed by atoms with Gasteiger partial charge in [0.2, 0.25) is 10.0 Å². The predicted octanol–water partition coefficient (Wildman–Crippen LogP) is 3.58. The molecule has 1 heterocycles. The summed E-state index contributed by atoms with van der Waals surface area (Å²) >= 11 is 0. The van der Waals surface area contributed by atoms with Gasteiger partial charge >= 0.3 is 5.97 Å². The summed E-state index contributed by atoms with van der Waals surface area (Å²) in [5.74, 6) is -0.712. The van der Waals surface area contributed by atoms with E-state index in [1.54, 1.807) is 18.2 Å². The summed E-state index contributed by atoms with van der Waals surface area (Å²) in [4.78, 5) is 25.8. The van der Waals surface area contributed by atoms with Crippen LogP contribution in [0, 0.1) is 10.1 Å². The molecule has 0 bridgehead atoms. The third-order valence-corrected chi connectivity index (χ3v) is 7.21. The van der Waals surface area contributed by atoms with Crippen LogP contribution in [-0.4, -0.2) is 50.8 Å². The zero-order valence-corrected chi connectivity index (χ0v) is 19.0. The van der Waals surface area contributed by atoms with Gasteiger partial charge in [-0.1, -0.05) is 25.0 Å². The molecule has 0 N–H and O–H groups in total. The van der Waals surface area contributed by atoms with Crippen LogP contribution in [0.15, 0.2) is 47.4 Å². The molecule has 10 heteroatoms. The minimum Gasteiger partial charge on any atom is -0.457 e. The number of carbonyl (C=O) groups is 1. The molecule has 0 radical (unpaired) electrons. The van der Waals surface area contributed by atoms with E-state index in [0.29, 0.717) is 11.3 Å². The first-order valence-electron chi connectivity index (χ1n) is 10.4. The fraction of sp³-hybridized carbons (Fsp3) is 0.409. The molecular formula is C22H27N3O6S. The number of benzene rings is 2. The zero-order valence-electron chi connectivity index (χ0n) is 18.2. The third kappa shape index (κ3) is 5.43. The summed E-state index contributed by atoms with van der Waals surface area (Å²) in [6, 6.07) is 10.5. The van der Waals surface area contributed by atoms with E-state index in [9.17, 15) is 23.3 Å². The minimum absolute atomic E-state index is 0.0762. The second kappa shape index (κ2) is 10.1. The van der Waals surface area contributed by atoms with Gasteiger partial charge in [0.05, 0.1) is 15.4 Å². The summed E-state index contributed by atoms with van der Waals surface area (Å²) in [6.07, 6.45) is 4.16. The van der Waals surface area contributed by atoms with Gasteiger partial charge in [0.1, 0.15) is 12.3 Å². The molecule has 3 rings (SSSR count). The summed E-state index contributed by atoms with van der Waals surface area (Å²) in [6.45, 7) is 1.34. The van der Waals surface area contributed by atoms with E-state index < -0.39 is 20.9 Å². The van der Waals surface area contributed by atoms with E-state index in [1.807, 2.05) is 4.90 Å². The SMILES string of the molecule is CN(C)S(=O)(=O)c1cccc(COC(=O)c2ccc(N3CCCCCC3)c([N+](=O)[O-])c2)c1. The first-order valence-corrected chi connectivity index (χ1v) is 11.9. The molecule has 32 heavy (non-hydrogen) atoms. The van der Waals surface area contributed by atoms with Crippen molar-refractivity contribution in [3.8, 4) is 0 Å². The lowest BCUT2D eigenvalue weighted by Crippen LogP contribution is -2.24. The molecular weight excluding hydrogens is 434 g/mol. The van der Waals surface area contributed by atoms with Gasteiger partial charge in [-0.15, -0.1) is 0 Å². The molecule has 0 aromatic heterocycles. The van der Waals surface area contributed by atoms with Crippen molar-refractivity contribution in [2.75, 3.05) is 32.1 Å². The van der Waals surface area contributed by atoms with Gasteiger partial charge in [-0.3, -0.25) is 10.1 Å². The number of rotatable bonds is 7.